The summed E-state index contributed by atoms with van der Waals surface area (Å²) in [7, 11) is 0. The Morgan fingerprint density at radius 2 is 2.00 bits per heavy atom. The number of H-pyrrole nitrogens is 1. The lowest BCUT2D eigenvalue weighted by Gasteiger charge is -2.33. The molecule has 1 amide bonds. The highest BCUT2D eigenvalue weighted by molar-refractivity contribution is 5.68. The first-order valence-corrected chi connectivity index (χ1v) is 8.80. The summed E-state index contributed by atoms with van der Waals surface area (Å²) < 4.78 is 5.42. The third-order valence-corrected chi connectivity index (χ3v) is 4.22. The summed E-state index contributed by atoms with van der Waals surface area (Å²) in [5, 5.41) is 13.7. The number of anilines is 2. The zero-order valence-electron chi connectivity index (χ0n) is 14.8. The van der Waals surface area contributed by atoms with Crippen LogP contribution in [0.3, 0.4) is 0 Å². The van der Waals surface area contributed by atoms with Gasteiger partial charge in [0.1, 0.15) is 5.60 Å². The van der Waals surface area contributed by atoms with Crippen LogP contribution in [0.1, 0.15) is 46.5 Å². The molecule has 8 nitrogen and oxygen atoms in total. The molecule has 134 valence electrons. The van der Waals surface area contributed by atoms with Crippen molar-refractivity contribution in [1.29, 1.82) is 0 Å². The molecule has 0 spiro atoms. The van der Waals surface area contributed by atoms with Crippen LogP contribution in [0.4, 0.5) is 16.7 Å². The van der Waals surface area contributed by atoms with Gasteiger partial charge in [0.05, 0.1) is 0 Å². The summed E-state index contributed by atoms with van der Waals surface area (Å²) in [6.45, 7) is 7.99. The summed E-state index contributed by atoms with van der Waals surface area (Å²) in [4.78, 5) is 18.2. The maximum atomic E-state index is 12.1. The van der Waals surface area contributed by atoms with Gasteiger partial charge < -0.3 is 20.3 Å². The molecule has 3 N–H and O–H groups in total. The summed E-state index contributed by atoms with van der Waals surface area (Å²) in [5.41, 5.74) is -0.449. The van der Waals surface area contributed by atoms with Crippen LogP contribution in [0.5, 0.6) is 0 Å². The van der Waals surface area contributed by atoms with Gasteiger partial charge in [0.2, 0.25) is 11.9 Å². The van der Waals surface area contributed by atoms with Crippen LogP contribution >= 0.6 is 0 Å². The van der Waals surface area contributed by atoms with E-state index in [1.165, 1.54) is 12.8 Å². The predicted molar refractivity (Wildman–Crippen MR) is 92.0 cm³/mol. The van der Waals surface area contributed by atoms with Crippen molar-refractivity contribution < 1.29 is 9.53 Å². The highest BCUT2D eigenvalue weighted by atomic mass is 16.6. The number of aromatic nitrogens is 3. The second-order valence-electron chi connectivity index (χ2n) is 7.72. The minimum Gasteiger partial charge on any atom is -0.444 e. The second-order valence-corrected chi connectivity index (χ2v) is 7.72. The number of carbonyl (C=O) groups excluding carboxylic acids is 1. The third kappa shape index (κ3) is 5.01. The zero-order chi connectivity index (χ0) is 17.2. The number of hydrogen-bond acceptors (Lipinski definition) is 6. The molecule has 0 radical (unpaired) electrons. The molecule has 0 atom stereocenters. The van der Waals surface area contributed by atoms with Gasteiger partial charge in [-0.25, -0.2) is 9.89 Å². The molecule has 24 heavy (non-hydrogen) atoms. The molecule has 3 rings (SSSR count). The van der Waals surface area contributed by atoms with E-state index in [1.54, 1.807) is 4.90 Å². The number of likely N-dealkylation sites (tertiary alicyclic amines) is 1. The van der Waals surface area contributed by atoms with Crippen LogP contribution in [0.15, 0.2) is 0 Å². The van der Waals surface area contributed by atoms with E-state index in [0.29, 0.717) is 25.0 Å². The van der Waals surface area contributed by atoms with Gasteiger partial charge >= 0.3 is 6.09 Å². The van der Waals surface area contributed by atoms with Crippen LogP contribution in [0, 0.1) is 5.92 Å². The minimum absolute atomic E-state index is 0.229. The van der Waals surface area contributed by atoms with E-state index < -0.39 is 5.60 Å². The van der Waals surface area contributed by atoms with Crippen molar-refractivity contribution >= 4 is 18.0 Å². The molecular weight excluding hydrogens is 308 g/mol. The highest BCUT2D eigenvalue weighted by Gasteiger charge is 2.27. The smallest absolute Gasteiger partial charge is 0.410 e. The van der Waals surface area contributed by atoms with Crippen LogP contribution < -0.4 is 10.6 Å². The lowest BCUT2D eigenvalue weighted by Crippen LogP contribution is -2.44. The van der Waals surface area contributed by atoms with E-state index in [9.17, 15) is 4.79 Å². The van der Waals surface area contributed by atoms with Crippen molar-refractivity contribution in [1.82, 2.24) is 20.1 Å². The summed E-state index contributed by atoms with van der Waals surface area (Å²) in [6.07, 6.45) is 4.11. The average Bonchev–Trinajstić information content (AvgIpc) is 3.24. The number of hydrogen-bond donors (Lipinski definition) is 3. The van der Waals surface area contributed by atoms with Gasteiger partial charge in [0.15, 0.2) is 0 Å². The zero-order valence-corrected chi connectivity index (χ0v) is 14.8. The van der Waals surface area contributed by atoms with Crippen molar-refractivity contribution in [3.8, 4) is 0 Å². The Balaban J connectivity index is 1.41. The van der Waals surface area contributed by atoms with E-state index in [-0.39, 0.29) is 12.1 Å². The SMILES string of the molecule is CC(C)(C)OC(=O)N1CCC(Nc2nc(NCC3CC3)n[nH]2)CC1. The number of ether oxygens (including phenoxy) is 1. The maximum absolute atomic E-state index is 12.1. The Labute approximate surface area is 142 Å². The molecule has 0 unspecified atom stereocenters. The molecule has 1 saturated heterocycles. The number of nitrogens with one attached hydrogen (secondary N) is 3. The van der Waals surface area contributed by atoms with Crippen molar-refractivity contribution in [3.63, 3.8) is 0 Å². The van der Waals surface area contributed by atoms with Crippen LogP contribution in [0.2, 0.25) is 0 Å². The summed E-state index contributed by atoms with van der Waals surface area (Å²) in [5.74, 6) is 2.12. The largest absolute Gasteiger partial charge is 0.444 e. The number of piperidine rings is 1. The molecule has 1 aromatic rings. The van der Waals surface area contributed by atoms with E-state index in [1.807, 2.05) is 20.8 Å². The Bertz CT molecular complexity index is 555. The van der Waals surface area contributed by atoms with E-state index in [4.69, 9.17) is 4.74 Å². The quantitative estimate of drug-likeness (QED) is 0.764. The number of carbonyl (C=O) groups is 1. The van der Waals surface area contributed by atoms with Crippen LogP contribution in [-0.4, -0.2) is 57.5 Å². The first-order chi connectivity index (χ1) is 11.4. The first-order valence-electron chi connectivity index (χ1n) is 8.80. The normalized spacial score (nSPS) is 19.2. The van der Waals surface area contributed by atoms with Crippen molar-refractivity contribution in [2.24, 2.45) is 5.92 Å². The molecular formula is C16H28N6O2. The number of amides is 1. The molecule has 1 aliphatic carbocycles. The highest BCUT2D eigenvalue weighted by Crippen LogP contribution is 2.28. The Morgan fingerprint density at radius 1 is 1.29 bits per heavy atom. The van der Waals surface area contributed by atoms with Gasteiger partial charge in [-0.15, -0.1) is 5.10 Å². The Kier molecular flexibility index (Phi) is 4.82. The van der Waals surface area contributed by atoms with E-state index in [0.717, 1.165) is 25.3 Å². The van der Waals surface area contributed by atoms with Crippen LogP contribution in [-0.2, 0) is 4.74 Å². The topological polar surface area (TPSA) is 95.2 Å². The van der Waals surface area contributed by atoms with Crippen molar-refractivity contribution in [3.05, 3.63) is 0 Å². The molecule has 8 heteroatoms. The van der Waals surface area contributed by atoms with Gasteiger partial charge in [0, 0.05) is 25.7 Å². The second kappa shape index (κ2) is 6.86. The number of rotatable bonds is 5. The Morgan fingerprint density at radius 3 is 2.62 bits per heavy atom. The molecule has 2 fully saturated rings. The molecule has 0 aromatic carbocycles. The standard InChI is InChI=1S/C16H28N6O2/c1-16(2,3)24-15(23)22-8-6-12(7-9-22)18-14-19-13(20-21-14)17-10-11-4-5-11/h11-12H,4-10H2,1-3H3,(H3,17,18,19,20,21). The van der Waals surface area contributed by atoms with E-state index >= 15 is 0 Å². The molecule has 1 aliphatic heterocycles. The fourth-order valence-electron chi connectivity index (χ4n) is 2.69. The molecule has 1 aromatic heterocycles. The fourth-order valence-corrected chi connectivity index (χ4v) is 2.69. The lowest BCUT2D eigenvalue weighted by molar-refractivity contribution is 0.0210. The van der Waals surface area contributed by atoms with Gasteiger partial charge in [-0.3, -0.25) is 0 Å². The minimum atomic E-state index is -0.449. The molecule has 2 heterocycles. The third-order valence-electron chi connectivity index (χ3n) is 4.22. The molecule has 0 bridgehead atoms. The van der Waals surface area contributed by atoms with E-state index in [2.05, 4.69) is 25.8 Å². The monoisotopic (exact) mass is 336 g/mol. The van der Waals surface area contributed by atoms with Crippen molar-refractivity contribution in [2.75, 3.05) is 30.3 Å². The van der Waals surface area contributed by atoms with Gasteiger partial charge in [0.25, 0.3) is 0 Å². The maximum Gasteiger partial charge on any atom is 0.410 e. The molecule has 1 saturated carbocycles. The van der Waals surface area contributed by atoms with Gasteiger partial charge in [-0.1, -0.05) is 0 Å². The van der Waals surface area contributed by atoms with Crippen LogP contribution in [0.25, 0.3) is 0 Å². The lowest BCUT2D eigenvalue weighted by atomic mass is 10.1. The van der Waals surface area contributed by atoms with Gasteiger partial charge in [-0.2, -0.15) is 4.98 Å². The first kappa shape index (κ1) is 16.9. The molecule has 2 aliphatic rings. The number of aromatic amines is 1. The summed E-state index contributed by atoms with van der Waals surface area (Å²) in [6, 6.07) is 0.285. The van der Waals surface area contributed by atoms with Crippen molar-refractivity contribution in [2.45, 2.75) is 58.1 Å². The average molecular weight is 336 g/mol. The Hall–Kier alpha value is -1.99. The summed E-state index contributed by atoms with van der Waals surface area (Å²) >= 11 is 0. The predicted octanol–water partition coefficient (Wildman–Crippen LogP) is 2.44. The number of nitrogens with zero attached hydrogens (tertiary/aromatic N) is 3. The fraction of sp³-hybridized carbons (Fsp3) is 0.812. The van der Waals surface area contributed by atoms with Gasteiger partial charge in [-0.05, 0) is 52.4 Å².